The van der Waals surface area contributed by atoms with Gasteiger partial charge in [0.05, 0.1) is 0 Å². The zero-order chi connectivity index (χ0) is 17.4. The Bertz CT molecular complexity index is 699. The number of thioether (sulfide) groups is 1. The largest absolute Gasteiger partial charge is 0.352 e. The van der Waals surface area contributed by atoms with E-state index >= 15 is 0 Å². The minimum absolute atomic E-state index is 0.185. The zero-order valence-corrected chi connectivity index (χ0v) is 15.1. The topological polar surface area (TPSA) is 29.1 Å². The van der Waals surface area contributed by atoms with E-state index in [2.05, 4.69) is 5.32 Å². The molecule has 2 nitrogen and oxygen atoms in total. The van der Waals surface area contributed by atoms with Gasteiger partial charge < -0.3 is 5.32 Å². The van der Waals surface area contributed by atoms with E-state index < -0.39 is 0 Å². The molecule has 1 amide bonds. The molecule has 24 heavy (non-hydrogen) atoms. The van der Waals surface area contributed by atoms with Crippen LogP contribution in [-0.2, 0) is 10.5 Å². The summed E-state index contributed by atoms with van der Waals surface area (Å²) >= 11 is 13.8. The number of amides is 1. The Morgan fingerprint density at radius 2 is 1.79 bits per heavy atom. The molecule has 2 aromatic rings. The van der Waals surface area contributed by atoms with Crippen molar-refractivity contribution in [1.82, 2.24) is 5.32 Å². The fourth-order valence-corrected chi connectivity index (χ4v) is 3.49. The van der Waals surface area contributed by atoms with Gasteiger partial charge in [0.15, 0.2) is 0 Å². The second-order valence-corrected chi connectivity index (χ2v) is 6.85. The first kappa shape index (κ1) is 18.8. The Balaban J connectivity index is 1.68. The van der Waals surface area contributed by atoms with Crippen LogP contribution in [0.5, 0.6) is 0 Å². The lowest BCUT2D eigenvalue weighted by Crippen LogP contribution is -2.23. The molecule has 6 heteroatoms. The predicted molar refractivity (Wildman–Crippen MR) is 101 cm³/mol. The minimum Gasteiger partial charge on any atom is -0.352 e. The fourth-order valence-electron chi connectivity index (χ4n) is 1.90. The van der Waals surface area contributed by atoms with Crippen LogP contribution in [-0.4, -0.2) is 18.2 Å². The number of rotatable bonds is 7. The lowest BCUT2D eigenvalue weighted by atomic mass is 10.2. The van der Waals surface area contributed by atoms with Crippen molar-refractivity contribution < 1.29 is 9.18 Å². The minimum atomic E-state index is -0.299. The molecule has 0 radical (unpaired) electrons. The van der Waals surface area contributed by atoms with Crippen molar-refractivity contribution in [3.63, 3.8) is 0 Å². The Morgan fingerprint density at radius 3 is 2.46 bits per heavy atom. The molecular formula is C18H16Cl2FNOS. The van der Waals surface area contributed by atoms with Gasteiger partial charge in [-0.3, -0.25) is 4.79 Å². The van der Waals surface area contributed by atoms with Crippen molar-refractivity contribution in [3.8, 4) is 0 Å². The van der Waals surface area contributed by atoms with E-state index in [0.717, 1.165) is 16.9 Å². The highest BCUT2D eigenvalue weighted by Gasteiger charge is 2.05. The molecule has 0 aliphatic carbocycles. The Morgan fingerprint density at radius 1 is 1.12 bits per heavy atom. The third-order valence-corrected chi connectivity index (χ3v) is 4.84. The number of hydrogen-bond acceptors (Lipinski definition) is 2. The first-order valence-corrected chi connectivity index (χ1v) is 9.19. The molecule has 0 aromatic heterocycles. The highest BCUT2D eigenvalue weighted by molar-refractivity contribution is 7.98. The van der Waals surface area contributed by atoms with Crippen LogP contribution < -0.4 is 5.32 Å². The van der Waals surface area contributed by atoms with Gasteiger partial charge in [-0.05, 0) is 41.5 Å². The molecule has 2 rings (SSSR count). The van der Waals surface area contributed by atoms with E-state index in [1.54, 1.807) is 30.0 Å². The van der Waals surface area contributed by atoms with Crippen LogP contribution in [0.15, 0.2) is 48.5 Å². The summed E-state index contributed by atoms with van der Waals surface area (Å²) in [4.78, 5) is 11.7. The van der Waals surface area contributed by atoms with E-state index in [1.165, 1.54) is 18.2 Å². The van der Waals surface area contributed by atoms with Crippen molar-refractivity contribution in [2.75, 3.05) is 12.3 Å². The molecule has 0 fully saturated rings. The highest BCUT2D eigenvalue weighted by atomic mass is 35.5. The molecule has 1 N–H and O–H groups in total. The summed E-state index contributed by atoms with van der Waals surface area (Å²) in [5.41, 5.74) is 1.68. The van der Waals surface area contributed by atoms with Gasteiger partial charge in [0.2, 0.25) is 5.91 Å². The normalized spacial score (nSPS) is 11.0. The second-order valence-electron chi connectivity index (χ2n) is 4.93. The summed E-state index contributed by atoms with van der Waals surface area (Å²) in [7, 11) is 0. The van der Waals surface area contributed by atoms with E-state index in [1.807, 2.05) is 18.2 Å². The SMILES string of the molecule is O=C(C=Cc1ccc(F)cc1)NCCSCc1c(Cl)cccc1Cl. The van der Waals surface area contributed by atoms with E-state index in [-0.39, 0.29) is 11.7 Å². The van der Waals surface area contributed by atoms with Crippen LogP contribution in [0.3, 0.4) is 0 Å². The summed E-state index contributed by atoms with van der Waals surface area (Å²) < 4.78 is 12.8. The van der Waals surface area contributed by atoms with Gasteiger partial charge in [-0.1, -0.05) is 41.4 Å². The first-order valence-electron chi connectivity index (χ1n) is 7.28. The number of nitrogens with one attached hydrogen (secondary N) is 1. The zero-order valence-electron chi connectivity index (χ0n) is 12.8. The van der Waals surface area contributed by atoms with Gasteiger partial charge in [0.25, 0.3) is 0 Å². The molecule has 0 atom stereocenters. The lowest BCUT2D eigenvalue weighted by Gasteiger charge is -2.07. The molecule has 0 saturated heterocycles. The Kier molecular flexibility index (Phi) is 7.63. The summed E-state index contributed by atoms with van der Waals surface area (Å²) in [6, 6.07) is 11.4. The molecule has 0 bridgehead atoms. The maximum absolute atomic E-state index is 12.8. The molecule has 0 saturated carbocycles. The standard InChI is InChI=1S/C18H16Cl2FNOS/c19-16-2-1-3-17(20)15(16)12-24-11-10-22-18(23)9-6-13-4-7-14(21)8-5-13/h1-9H,10-12H2,(H,22,23). The number of hydrogen-bond donors (Lipinski definition) is 1. The molecule has 0 aliphatic rings. The monoisotopic (exact) mass is 383 g/mol. The molecule has 126 valence electrons. The summed E-state index contributed by atoms with van der Waals surface area (Å²) in [6.45, 7) is 0.541. The predicted octanol–water partition coefficient (Wildman–Crippen LogP) is 5.20. The van der Waals surface area contributed by atoms with Gasteiger partial charge in [-0.2, -0.15) is 11.8 Å². The third-order valence-electron chi connectivity index (χ3n) is 3.15. The summed E-state index contributed by atoms with van der Waals surface area (Å²) in [5, 5.41) is 4.10. The molecule has 0 aliphatic heterocycles. The van der Waals surface area contributed by atoms with Crippen LogP contribution in [0.1, 0.15) is 11.1 Å². The van der Waals surface area contributed by atoms with Crippen molar-refractivity contribution >= 4 is 46.9 Å². The van der Waals surface area contributed by atoms with Crippen molar-refractivity contribution in [3.05, 3.63) is 75.5 Å². The van der Waals surface area contributed by atoms with Gasteiger partial charge in [0, 0.05) is 34.2 Å². The van der Waals surface area contributed by atoms with Gasteiger partial charge >= 0.3 is 0 Å². The van der Waals surface area contributed by atoms with Crippen molar-refractivity contribution in [2.45, 2.75) is 5.75 Å². The average molecular weight is 384 g/mol. The van der Waals surface area contributed by atoms with Gasteiger partial charge in [-0.15, -0.1) is 0 Å². The number of carbonyl (C=O) groups is 1. The lowest BCUT2D eigenvalue weighted by molar-refractivity contribution is -0.116. The van der Waals surface area contributed by atoms with Crippen LogP contribution in [0.2, 0.25) is 10.0 Å². The van der Waals surface area contributed by atoms with Crippen LogP contribution in [0, 0.1) is 5.82 Å². The maximum atomic E-state index is 12.8. The Hall–Kier alpha value is -1.49. The number of halogens is 3. The van der Waals surface area contributed by atoms with E-state index in [9.17, 15) is 9.18 Å². The third kappa shape index (κ3) is 6.19. The van der Waals surface area contributed by atoms with Crippen LogP contribution in [0.25, 0.3) is 6.08 Å². The van der Waals surface area contributed by atoms with E-state index in [0.29, 0.717) is 22.3 Å². The van der Waals surface area contributed by atoms with Gasteiger partial charge in [0.1, 0.15) is 5.82 Å². The maximum Gasteiger partial charge on any atom is 0.244 e. The number of carbonyl (C=O) groups excluding carboxylic acids is 1. The highest BCUT2D eigenvalue weighted by Crippen LogP contribution is 2.27. The van der Waals surface area contributed by atoms with Crippen LogP contribution in [0.4, 0.5) is 4.39 Å². The quantitative estimate of drug-likeness (QED) is 0.526. The number of benzene rings is 2. The molecule has 2 aromatic carbocycles. The van der Waals surface area contributed by atoms with Crippen LogP contribution >= 0.6 is 35.0 Å². The summed E-state index contributed by atoms with van der Waals surface area (Å²) in [6.07, 6.45) is 3.08. The average Bonchev–Trinajstić information content (AvgIpc) is 2.56. The van der Waals surface area contributed by atoms with Crippen molar-refractivity contribution in [1.29, 1.82) is 0 Å². The summed E-state index contributed by atoms with van der Waals surface area (Å²) in [5.74, 6) is 0.959. The molecule has 0 heterocycles. The smallest absolute Gasteiger partial charge is 0.244 e. The van der Waals surface area contributed by atoms with Crippen molar-refractivity contribution in [2.24, 2.45) is 0 Å². The molecule has 0 spiro atoms. The molecule has 0 unspecified atom stereocenters. The fraction of sp³-hybridized carbons (Fsp3) is 0.167. The Labute approximate surface area is 155 Å². The molecular weight excluding hydrogens is 368 g/mol. The second kappa shape index (κ2) is 9.72. The first-order chi connectivity index (χ1) is 11.6. The van der Waals surface area contributed by atoms with E-state index in [4.69, 9.17) is 23.2 Å². The van der Waals surface area contributed by atoms with Gasteiger partial charge in [-0.25, -0.2) is 4.39 Å².